The molecule has 0 spiro atoms. The van der Waals surface area contributed by atoms with E-state index >= 15 is 0 Å². The van der Waals surface area contributed by atoms with Crippen LogP contribution in [0, 0.1) is 0 Å². The van der Waals surface area contributed by atoms with Crippen molar-refractivity contribution >= 4 is 5.91 Å². The van der Waals surface area contributed by atoms with Crippen LogP contribution in [-0.4, -0.2) is 34.9 Å². The smallest absolute Gasteiger partial charge is 0.220 e. The van der Waals surface area contributed by atoms with Gasteiger partial charge in [-0.25, -0.2) is 0 Å². The zero-order valence-electron chi connectivity index (χ0n) is 46.3. The molecular formula is C65H119NO3. The van der Waals surface area contributed by atoms with E-state index in [2.05, 4.69) is 79.9 Å². The number of amides is 1. The summed E-state index contributed by atoms with van der Waals surface area (Å²) in [5.74, 6) is -0.0693. The molecule has 0 rings (SSSR count). The second-order valence-electron chi connectivity index (χ2n) is 20.7. The van der Waals surface area contributed by atoms with E-state index in [1.807, 2.05) is 6.08 Å². The van der Waals surface area contributed by atoms with E-state index in [1.165, 1.54) is 238 Å². The van der Waals surface area contributed by atoms with Crippen LogP contribution in [0.1, 0.15) is 316 Å². The fraction of sp³-hybridized carbons (Fsp3) is 0.800. The molecule has 0 radical (unpaired) electrons. The van der Waals surface area contributed by atoms with E-state index in [9.17, 15) is 15.0 Å². The van der Waals surface area contributed by atoms with Crippen LogP contribution in [0.4, 0.5) is 0 Å². The average molecular weight is 963 g/mol. The van der Waals surface area contributed by atoms with Gasteiger partial charge in [0, 0.05) is 6.42 Å². The summed E-state index contributed by atoms with van der Waals surface area (Å²) < 4.78 is 0. The molecule has 0 aliphatic heterocycles. The van der Waals surface area contributed by atoms with Crippen molar-refractivity contribution in [3.05, 3.63) is 72.9 Å². The summed E-state index contributed by atoms with van der Waals surface area (Å²) >= 11 is 0. The lowest BCUT2D eigenvalue weighted by atomic mass is 10.0. The van der Waals surface area contributed by atoms with Crippen molar-refractivity contribution in [3.8, 4) is 0 Å². The molecule has 0 aliphatic rings. The summed E-state index contributed by atoms with van der Waals surface area (Å²) in [6.07, 6.45) is 86.7. The van der Waals surface area contributed by atoms with E-state index in [1.54, 1.807) is 6.08 Å². The number of aliphatic hydroxyl groups is 2. The van der Waals surface area contributed by atoms with Gasteiger partial charge in [0.2, 0.25) is 5.91 Å². The number of carbonyl (C=O) groups excluding carboxylic acids is 1. The second-order valence-corrected chi connectivity index (χ2v) is 20.7. The van der Waals surface area contributed by atoms with Crippen LogP contribution in [0.2, 0.25) is 0 Å². The van der Waals surface area contributed by atoms with E-state index in [-0.39, 0.29) is 12.5 Å². The van der Waals surface area contributed by atoms with Gasteiger partial charge in [0.05, 0.1) is 18.8 Å². The van der Waals surface area contributed by atoms with Crippen LogP contribution in [-0.2, 0) is 4.79 Å². The van der Waals surface area contributed by atoms with Crippen LogP contribution in [0.15, 0.2) is 72.9 Å². The van der Waals surface area contributed by atoms with Gasteiger partial charge in [-0.3, -0.25) is 4.79 Å². The monoisotopic (exact) mass is 962 g/mol. The van der Waals surface area contributed by atoms with Crippen molar-refractivity contribution in [2.24, 2.45) is 0 Å². The van der Waals surface area contributed by atoms with Gasteiger partial charge in [-0.15, -0.1) is 0 Å². The molecule has 0 aliphatic carbocycles. The molecule has 0 saturated carbocycles. The van der Waals surface area contributed by atoms with Crippen molar-refractivity contribution in [3.63, 3.8) is 0 Å². The highest BCUT2D eigenvalue weighted by molar-refractivity contribution is 5.76. The van der Waals surface area contributed by atoms with Gasteiger partial charge in [-0.2, -0.15) is 0 Å². The molecule has 4 nitrogen and oxygen atoms in total. The van der Waals surface area contributed by atoms with E-state index in [4.69, 9.17) is 0 Å². The quantitative estimate of drug-likeness (QED) is 0.0420. The molecule has 4 heteroatoms. The molecule has 2 atom stereocenters. The van der Waals surface area contributed by atoms with Gasteiger partial charge in [-0.05, 0) is 70.6 Å². The Hall–Kier alpha value is -2.17. The molecule has 0 aromatic heterocycles. The summed E-state index contributed by atoms with van der Waals surface area (Å²) in [5.41, 5.74) is 0. The molecule has 0 aromatic carbocycles. The molecule has 69 heavy (non-hydrogen) atoms. The zero-order chi connectivity index (χ0) is 49.9. The first-order chi connectivity index (χ1) is 34.2. The number of hydrogen-bond acceptors (Lipinski definition) is 3. The van der Waals surface area contributed by atoms with Crippen LogP contribution < -0.4 is 5.32 Å². The van der Waals surface area contributed by atoms with Crippen LogP contribution in [0.25, 0.3) is 0 Å². The van der Waals surface area contributed by atoms with E-state index < -0.39 is 12.1 Å². The Balaban J connectivity index is 3.45. The second kappa shape index (κ2) is 60.1. The maximum atomic E-state index is 12.5. The number of rotatable bonds is 56. The molecule has 0 fully saturated rings. The van der Waals surface area contributed by atoms with Crippen LogP contribution in [0.5, 0.6) is 0 Å². The van der Waals surface area contributed by atoms with Crippen molar-refractivity contribution < 1.29 is 15.0 Å². The largest absolute Gasteiger partial charge is 0.394 e. The topological polar surface area (TPSA) is 69.6 Å². The Labute approximate surface area is 431 Å². The normalized spacial score (nSPS) is 13.3. The van der Waals surface area contributed by atoms with Crippen molar-refractivity contribution in [2.75, 3.05) is 6.61 Å². The first-order valence-corrected chi connectivity index (χ1v) is 30.7. The average Bonchev–Trinajstić information content (AvgIpc) is 3.35. The summed E-state index contributed by atoms with van der Waals surface area (Å²) in [6.45, 7) is 4.21. The summed E-state index contributed by atoms with van der Waals surface area (Å²) in [7, 11) is 0. The van der Waals surface area contributed by atoms with E-state index in [0.29, 0.717) is 6.42 Å². The van der Waals surface area contributed by atoms with Crippen molar-refractivity contribution in [2.45, 2.75) is 328 Å². The third-order valence-corrected chi connectivity index (χ3v) is 13.9. The lowest BCUT2D eigenvalue weighted by Crippen LogP contribution is -2.45. The number of nitrogens with one attached hydrogen (secondary N) is 1. The fourth-order valence-electron chi connectivity index (χ4n) is 9.31. The van der Waals surface area contributed by atoms with Gasteiger partial charge in [-0.1, -0.05) is 311 Å². The third-order valence-electron chi connectivity index (χ3n) is 13.9. The lowest BCUT2D eigenvalue weighted by molar-refractivity contribution is -0.123. The van der Waals surface area contributed by atoms with Gasteiger partial charge in [0.1, 0.15) is 0 Å². The number of unbranched alkanes of at least 4 members (excludes halogenated alkanes) is 39. The number of allylic oxidation sites excluding steroid dienone is 11. The van der Waals surface area contributed by atoms with Gasteiger partial charge >= 0.3 is 0 Å². The number of aliphatic hydroxyl groups excluding tert-OH is 2. The highest BCUT2D eigenvalue weighted by atomic mass is 16.3. The standard InChI is InChI=1S/C65H119NO3/c1-3-5-7-9-11-13-15-17-19-21-23-25-26-27-28-29-30-31-32-33-34-35-36-37-38-39-40-41-43-45-47-49-51-53-55-57-59-61-65(69)66-63(62-67)64(68)60-58-56-54-52-50-48-46-44-42-24-22-20-18-16-14-12-10-8-6-4-2/h5,7,11,13,17,19,23,25,50,52,58,60,63-64,67-68H,3-4,6,8-10,12,14-16,18,20-22,24,26-49,51,53-57,59,61-62H2,1-2H3,(H,66,69)/b7-5-,13-11-,19-17-,25-23-,52-50+,60-58+. The van der Waals surface area contributed by atoms with Crippen molar-refractivity contribution in [1.29, 1.82) is 0 Å². The van der Waals surface area contributed by atoms with Crippen molar-refractivity contribution in [1.82, 2.24) is 5.32 Å². The minimum absolute atomic E-state index is 0.0693. The Morgan fingerprint density at radius 3 is 1.01 bits per heavy atom. The lowest BCUT2D eigenvalue weighted by Gasteiger charge is -2.19. The van der Waals surface area contributed by atoms with Crippen LogP contribution >= 0.6 is 0 Å². The molecule has 0 bridgehead atoms. The predicted molar refractivity (Wildman–Crippen MR) is 308 cm³/mol. The third kappa shape index (κ3) is 56.6. The van der Waals surface area contributed by atoms with Crippen LogP contribution in [0.3, 0.4) is 0 Å². The SMILES string of the molecule is CC/C=C\C/C=C\C/C=C\C/C=C\CCCCCCCCCCCCCCCCCCCCCCCCCCC(=O)NC(CO)C(O)/C=C/CC/C=C/CCCCCCCCCCCCCCCC. The minimum atomic E-state index is -0.863. The van der Waals surface area contributed by atoms with Gasteiger partial charge in [0.15, 0.2) is 0 Å². The Bertz CT molecular complexity index is 1180. The zero-order valence-corrected chi connectivity index (χ0v) is 46.3. The predicted octanol–water partition coefficient (Wildman–Crippen LogP) is 20.5. The molecule has 1 amide bonds. The summed E-state index contributed by atoms with van der Waals surface area (Å²) in [4.78, 5) is 12.5. The number of carbonyl (C=O) groups is 1. The molecule has 0 heterocycles. The molecule has 3 N–H and O–H groups in total. The Morgan fingerprint density at radius 1 is 0.362 bits per heavy atom. The maximum absolute atomic E-state index is 12.5. The Morgan fingerprint density at radius 2 is 0.652 bits per heavy atom. The molecule has 2 unspecified atom stereocenters. The summed E-state index contributed by atoms with van der Waals surface area (Å²) in [5, 5.41) is 23.2. The number of hydrogen-bond donors (Lipinski definition) is 3. The van der Waals surface area contributed by atoms with Gasteiger partial charge < -0.3 is 15.5 Å². The maximum Gasteiger partial charge on any atom is 0.220 e. The molecule has 0 aromatic rings. The fourth-order valence-corrected chi connectivity index (χ4v) is 9.31. The molecule has 402 valence electrons. The highest BCUT2D eigenvalue weighted by Gasteiger charge is 2.18. The van der Waals surface area contributed by atoms with E-state index in [0.717, 1.165) is 57.8 Å². The molecular weight excluding hydrogens is 843 g/mol. The Kier molecular flexibility index (Phi) is 58.2. The highest BCUT2D eigenvalue weighted by Crippen LogP contribution is 2.17. The first kappa shape index (κ1) is 66.8. The van der Waals surface area contributed by atoms with Gasteiger partial charge in [0.25, 0.3) is 0 Å². The minimum Gasteiger partial charge on any atom is -0.394 e. The molecule has 0 saturated heterocycles. The summed E-state index contributed by atoms with van der Waals surface area (Å²) in [6, 6.07) is -0.640. The first-order valence-electron chi connectivity index (χ1n) is 30.7.